The Bertz CT molecular complexity index is 1130. The van der Waals surface area contributed by atoms with Gasteiger partial charge in [-0.15, -0.1) is 11.3 Å². The largest absolute Gasteiger partial charge is 0.493 e. The van der Waals surface area contributed by atoms with Crippen molar-refractivity contribution >= 4 is 45.7 Å². The normalized spacial score (nSPS) is 15.3. The van der Waals surface area contributed by atoms with Crippen molar-refractivity contribution in [3.63, 3.8) is 0 Å². The summed E-state index contributed by atoms with van der Waals surface area (Å²) in [7, 11) is 1.86. The van der Waals surface area contributed by atoms with E-state index >= 15 is 0 Å². The molecule has 0 spiro atoms. The third kappa shape index (κ3) is 6.15. The summed E-state index contributed by atoms with van der Waals surface area (Å²) in [6.07, 6.45) is 4.02. The highest BCUT2D eigenvalue weighted by Crippen LogP contribution is 2.42. The number of ether oxygens (including phenoxy) is 2. The van der Waals surface area contributed by atoms with Crippen molar-refractivity contribution in [3.05, 3.63) is 70.7 Å². The van der Waals surface area contributed by atoms with Gasteiger partial charge in [-0.05, 0) is 54.8 Å². The quantitative estimate of drug-likeness (QED) is 0.314. The third-order valence-corrected chi connectivity index (χ3v) is 7.44. The summed E-state index contributed by atoms with van der Waals surface area (Å²) in [6.45, 7) is 4.57. The Balaban J connectivity index is 1.42. The SMILES string of the molecule is CCC(CC)C(=O)OC1SC=C(c2ccc(OCCc3cccc(NC)n3)cc2)N1c1nccs1. The van der Waals surface area contributed by atoms with E-state index in [0.29, 0.717) is 6.61 Å². The predicted molar refractivity (Wildman–Crippen MR) is 144 cm³/mol. The van der Waals surface area contributed by atoms with Crippen molar-refractivity contribution in [1.82, 2.24) is 9.97 Å². The fraction of sp³-hybridized carbons (Fsp3) is 0.346. The predicted octanol–water partition coefficient (Wildman–Crippen LogP) is 6.02. The molecular weight excluding hydrogens is 480 g/mol. The summed E-state index contributed by atoms with van der Waals surface area (Å²) in [5.74, 6) is 1.39. The summed E-state index contributed by atoms with van der Waals surface area (Å²) in [6, 6.07) is 13.9. The number of nitrogens with zero attached hydrogens (tertiary/aromatic N) is 3. The van der Waals surface area contributed by atoms with E-state index in [0.717, 1.165) is 52.9 Å². The molecular formula is C26H30N4O3S2. The number of anilines is 2. The summed E-state index contributed by atoms with van der Waals surface area (Å²) in [5.41, 5.74) is 2.46. The molecule has 1 aliphatic rings. The zero-order valence-electron chi connectivity index (χ0n) is 20.1. The van der Waals surface area contributed by atoms with Crippen LogP contribution in [0.2, 0.25) is 0 Å². The first-order chi connectivity index (χ1) is 17.1. The Morgan fingerprint density at radius 2 is 1.97 bits per heavy atom. The Morgan fingerprint density at radius 1 is 1.17 bits per heavy atom. The average Bonchev–Trinajstić information content (AvgIpc) is 3.55. The summed E-state index contributed by atoms with van der Waals surface area (Å²) >= 11 is 3.00. The number of carbonyl (C=O) groups is 1. The molecule has 3 aromatic rings. The zero-order chi connectivity index (χ0) is 24.6. The molecule has 0 saturated carbocycles. The van der Waals surface area contributed by atoms with Gasteiger partial charge in [0.25, 0.3) is 0 Å². The lowest BCUT2D eigenvalue weighted by molar-refractivity contribution is -0.149. The number of hydrogen-bond acceptors (Lipinski definition) is 9. The van der Waals surface area contributed by atoms with E-state index in [1.165, 1.54) is 23.1 Å². The van der Waals surface area contributed by atoms with E-state index in [1.807, 2.05) is 79.0 Å². The molecule has 0 amide bonds. The van der Waals surface area contributed by atoms with Crippen molar-refractivity contribution in [2.45, 2.75) is 38.7 Å². The van der Waals surface area contributed by atoms with Crippen LogP contribution in [0.15, 0.2) is 59.4 Å². The number of aromatic nitrogens is 2. The van der Waals surface area contributed by atoms with Gasteiger partial charge in [-0.25, -0.2) is 9.97 Å². The van der Waals surface area contributed by atoms with Crippen LogP contribution < -0.4 is 15.0 Å². The summed E-state index contributed by atoms with van der Waals surface area (Å²) in [5, 5.41) is 7.80. The number of thiazole rings is 1. The number of carbonyl (C=O) groups excluding carboxylic acids is 1. The average molecular weight is 511 g/mol. The van der Waals surface area contributed by atoms with Crippen LogP contribution in [-0.2, 0) is 16.0 Å². The lowest BCUT2D eigenvalue weighted by Gasteiger charge is -2.27. The fourth-order valence-electron chi connectivity index (χ4n) is 3.74. The Morgan fingerprint density at radius 3 is 2.66 bits per heavy atom. The van der Waals surface area contributed by atoms with Gasteiger partial charge in [-0.2, -0.15) is 0 Å². The van der Waals surface area contributed by atoms with Crippen LogP contribution in [0.5, 0.6) is 5.75 Å². The van der Waals surface area contributed by atoms with Gasteiger partial charge in [0, 0.05) is 36.1 Å². The van der Waals surface area contributed by atoms with E-state index in [4.69, 9.17) is 9.47 Å². The minimum Gasteiger partial charge on any atom is -0.493 e. The van der Waals surface area contributed by atoms with Crippen molar-refractivity contribution < 1.29 is 14.3 Å². The van der Waals surface area contributed by atoms with Crippen molar-refractivity contribution in [3.8, 4) is 5.75 Å². The smallest absolute Gasteiger partial charge is 0.311 e. The molecule has 184 valence electrons. The fourth-order valence-corrected chi connectivity index (χ4v) is 5.46. The first kappa shape index (κ1) is 25.1. The third-order valence-electron chi connectivity index (χ3n) is 5.77. The van der Waals surface area contributed by atoms with E-state index in [9.17, 15) is 4.79 Å². The minimum absolute atomic E-state index is 0.0925. The lowest BCUT2D eigenvalue weighted by atomic mass is 10.0. The van der Waals surface area contributed by atoms with E-state index in [1.54, 1.807) is 6.20 Å². The maximum Gasteiger partial charge on any atom is 0.311 e. The van der Waals surface area contributed by atoms with Crippen LogP contribution in [0.3, 0.4) is 0 Å². The highest BCUT2D eigenvalue weighted by molar-refractivity contribution is 8.03. The van der Waals surface area contributed by atoms with E-state index in [2.05, 4.69) is 15.3 Å². The van der Waals surface area contributed by atoms with Crippen LogP contribution in [0.25, 0.3) is 5.70 Å². The van der Waals surface area contributed by atoms with Crippen LogP contribution in [0, 0.1) is 5.92 Å². The van der Waals surface area contributed by atoms with Crippen LogP contribution in [0.4, 0.5) is 10.9 Å². The maximum atomic E-state index is 12.7. The monoisotopic (exact) mass is 510 g/mol. The van der Waals surface area contributed by atoms with Crippen molar-refractivity contribution in [2.75, 3.05) is 23.9 Å². The molecule has 1 atom stereocenters. The molecule has 1 N–H and O–H groups in total. The van der Waals surface area contributed by atoms with Crippen LogP contribution >= 0.6 is 23.1 Å². The molecule has 1 unspecified atom stereocenters. The molecule has 7 nitrogen and oxygen atoms in total. The molecule has 35 heavy (non-hydrogen) atoms. The van der Waals surface area contributed by atoms with Crippen LogP contribution in [-0.4, -0.2) is 35.2 Å². The topological polar surface area (TPSA) is 76.6 Å². The molecule has 2 aromatic heterocycles. The maximum absolute atomic E-state index is 12.7. The second kappa shape index (κ2) is 12.1. The minimum atomic E-state index is -0.471. The highest BCUT2D eigenvalue weighted by Gasteiger charge is 2.34. The molecule has 9 heteroatoms. The van der Waals surface area contributed by atoms with Gasteiger partial charge in [-0.3, -0.25) is 9.69 Å². The second-order valence-electron chi connectivity index (χ2n) is 7.97. The van der Waals surface area contributed by atoms with Gasteiger partial charge in [0.2, 0.25) is 5.56 Å². The number of thioether (sulfide) groups is 1. The molecule has 3 heterocycles. The number of esters is 1. The number of nitrogens with one attached hydrogen (secondary N) is 1. The van der Waals surface area contributed by atoms with Gasteiger partial charge < -0.3 is 14.8 Å². The first-order valence-corrected chi connectivity index (χ1v) is 13.6. The number of benzene rings is 1. The summed E-state index contributed by atoms with van der Waals surface area (Å²) < 4.78 is 11.9. The molecule has 0 bridgehead atoms. The van der Waals surface area contributed by atoms with E-state index < -0.39 is 5.56 Å². The zero-order valence-corrected chi connectivity index (χ0v) is 21.8. The molecule has 0 fully saturated rings. The van der Waals surface area contributed by atoms with Gasteiger partial charge >= 0.3 is 5.97 Å². The van der Waals surface area contributed by atoms with Gasteiger partial charge in [-0.1, -0.05) is 31.7 Å². The van der Waals surface area contributed by atoms with Crippen molar-refractivity contribution in [1.29, 1.82) is 0 Å². The van der Waals surface area contributed by atoms with E-state index in [-0.39, 0.29) is 11.9 Å². The number of pyridine rings is 1. The molecule has 0 radical (unpaired) electrons. The Kier molecular flexibility index (Phi) is 8.65. The van der Waals surface area contributed by atoms with Gasteiger partial charge in [0.1, 0.15) is 11.6 Å². The number of hydrogen-bond donors (Lipinski definition) is 1. The Hall–Kier alpha value is -3.04. The molecule has 4 rings (SSSR count). The molecule has 0 aliphatic carbocycles. The van der Waals surface area contributed by atoms with Crippen molar-refractivity contribution in [2.24, 2.45) is 5.92 Å². The standard InChI is InChI=1S/C26H30N4O3S2/c1-4-18(5-2)24(31)33-26-30(25-28-14-16-34-25)22(17-35-26)19-9-11-21(12-10-19)32-15-13-20-7-6-8-23(27-3)29-20/h6-12,14,16-18,26H,4-5,13,15H2,1-3H3,(H,27,29). The number of rotatable bonds is 11. The van der Waals surface area contributed by atoms with Gasteiger partial charge in [0.05, 0.1) is 18.2 Å². The van der Waals surface area contributed by atoms with Gasteiger partial charge in [0.15, 0.2) is 5.13 Å². The molecule has 0 saturated heterocycles. The Labute approximate surface area is 214 Å². The van der Waals surface area contributed by atoms with Crippen LogP contribution in [0.1, 0.15) is 37.9 Å². The summed E-state index contributed by atoms with van der Waals surface area (Å²) in [4.78, 5) is 23.7. The second-order valence-corrected chi connectivity index (χ2v) is 9.75. The first-order valence-electron chi connectivity index (χ1n) is 11.7. The lowest BCUT2D eigenvalue weighted by Crippen LogP contribution is -2.33. The highest BCUT2D eigenvalue weighted by atomic mass is 32.2. The molecule has 1 aliphatic heterocycles. The molecule has 1 aromatic carbocycles.